The summed E-state index contributed by atoms with van der Waals surface area (Å²) in [5, 5.41) is 5.08. The Balaban J connectivity index is 1.78. The molecule has 1 amide bonds. The lowest BCUT2D eigenvalue weighted by Gasteiger charge is -2.34. The molecule has 116 valence electrons. The smallest absolute Gasteiger partial charge is 0.232 e. The lowest BCUT2D eigenvalue weighted by Crippen LogP contribution is -2.46. The Morgan fingerprint density at radius 2 is 2.09 bits per heavy atom. The molecule has 4 nitrogen and oxygen atoms in total. The summed E-state index contributed by atoms with van der Waals surface area (Å²) >= 11 is 1.69. The van der Waals surface area contributed by atoms with E-state index in [0.717, 1.165) is 11.3 Å². The molecular formula is C17H20N2O2S. The van der Waals surface area contributed by atoms with Crippen LogP contribution in [0.3, 0.4) is 0 Å². The number of nitrogens with two attached hydrogens (primary N) is 1. The van der Waals surface area contributed by atoms with Gasteiger partial charge in [-0.15, -0.1) is 11.3 Å². The zero-order valence-electron chi connectivity index (χ0n) is 12.4. The van der Waals surface area contributed by atoms with Crippen molar-refractivity contribution >= 4 is 22.9 Å². The number of rotatable bonds is 4. The standard InChI is InChI=1S/C17H20N2O2S/c18-12-17(6-8-21-9-7-17)16(20)19-14-4-1-3-13(11-14)15-5-2-10-22-15/h1-5,10-11H,6-9,12,18H2,(H,19,20). The van der Waals surface area contributed by atoms with E-state index in [2.05, 4.69) is 17.4 Å². The number of hydrogen-bond acceptors (Lipinski definition) is 4. The number of nitrogens with one attached hydrogen (secondary N) is 1. The fourth-order valence-electron chi connectivity index (χ4n) is 2.74. The predicted octanol–water partition coefficient (Wildman–Crippen LogP) is 3.11. The fourth-order valence-corrected chi connectivity index (χ4v) is 3.47. The molecule has 1 aromatic carbocycles. The molecule has 22 heavy (non-hydrogen) atoms. The average molecular weight is 316 g/mol. The van der Waals surface area contributed by atoms with Crippen molar-refractivity contribution in [1.29, 1.82) is 0 Å². The number of ether oxygens (including phenoxy) is 1. The summed E-state index contributed by atoms with van der Waals surface area (Å²) in [5.74, 6) is 0.00151. The molecule has 0 saturated carbocycles. The zero-order valence-corrected chi connectivity index (χ0v) is 13.2. The van der Waals surface area contributed by atoms with Crippen molar-refractivity contribution in [3.8, 4) is 10.4 Å². The summed E-state index contributed by atoms with van der Waals surface area (Å²) in [4.78, 5) is 13.9. The first-order chi connectivity index (χ1) is 10.7. The molecule has 0 radical (unpaired) electrons. The van der Waals surface area contributed by atoms with Crippen LogP contribution in [0.15, 0.2) is 41.8 Å². The maximum Gasteiger partial charge on any atom is 0.232 e. The van der Waals surface area contributed by atoms with Crippen molar-refractivity contribution in [2.24, 2.45) is 11.1 Å². The van der Waals surface area contributed by atoms with E-state index in [1.807, 2.05) is 29.6 Å². The third kappa shape index (κ3) is 3.06. The van der Waals surface area contributed by atoms with Crippen LogP contribution in [-0.4, -0.2) is 25.7 Å². The van der Waals surface area contributed by atoms with Crippen LogP contribution in [0.5, 0.6) is 0 Å². The summed E-state index contributed by atoms with van der Waals surface area (Å²) in [5.41, 5.74) is 7.31. The normalized spacial score (nSPS) is 17.1. The SMILES string of the molecule is NCC1(C(=O)Nc2cccc(-c3cccs3)c2)CCOCC1. The first-order valence-corrected chi connectivity index (χ1v) is 8.35. The number of anilines is 1. The first kappa shape index (κ1) is 15.2. The fraction of sp³-hybridized carbons (Fsp3) is 0.353. The first-order valence-electron chi connectivity index (χ1n) is 7.47. The molecule has 0 atom stereocenters. The van der Waals surface area contributed by atoms with Gasteiger partial charge in [0.15, 0.2) is 0 Å². The molecule has 1 saturated heterocycles. The van der Waals surface area contributed by atoms with Gasteiger partial charge in [0.2, 0.25) is 5.91 Å². The van der Waals surface area contributed by atoms with E-state index >= 15 is 0 Å². The molecule has 1 aromatic heterocycles. The molecule has 0 spiro atoms. The van der Waals surface area contributed by atoms with Crippen LogP contribution in [0, 0.1) is 5.41 Å². The third-order valence-electron chi connectivity index (χ3n) is 4.25. The van der Waals surface area contributed by atoms with Crippen molar-refractivity contribution in [1.82, 2.24) is 0 Å². The molecule has 2 aromatic rings. The number of carbonyl (C=O) groups excluding carboxylic acids is 1. The lowest BCUT2D eigenvalue weighted by atomic mass is 9.79. The van der Waals surface area contributed by atoms with Gasteiger partial charge in [-0.2, -0.15) is 0 Å². The van der Waals surface area contributed by atoms with E-state index in [1.165, 1.54) is 4.88 Å². The number of amides is 1. The van der Waals surface area contributed by atoms with Gasteiger partial charge < -0.3 is 15.8 Å². The maximum absolute atomic E-state index is 12.7. The molecule has 0 unspecified atom stereocenters. The minimum absolute atomic E-state index is 0.00151. The zero-order chi connectivity index (χ0) is 15.4. The molecule has 0 aliphatic carbocycles. The molecule has 2 heterocycles. The quantitative estimate of drug-likeness (QED) is 0.911. The van der Waals surface area contributed by atoms with Gasteiger partial charge in [0, 0.05) is 30.3 Å². The number of thiophene rings is 1. The second kappa shape index (κ2) is 6.60. The van der Waals surface area contributed by atoms with Crippen molar-refractivity contribution in [2.75, 3.05) is 25.1 Å². The Hall–Kier alpha value is -1.69. The second-order valence-electron chi connectivity index (χ2n) is 5.61. The third-order valence-corrected chi connectivity index (χ3v) is 5.17. The molecule has 1 aliphatic heterocycles. The van der Waals surface area contributed by atoms with Crippen LogP contribution >= 0.6 is 11.3 Å². The van der Waals surface area contributed by atoms with Crippen LogP contribution in [0.2, 0.25) is 0 Å². The van der Waals surface area contributed by atoms with Gasteiger partial charge in [-0.1, -0.05) is 18.2 Å². The van der Waals surface area contributed by atoms with Gasteiger partial charge in [0.1, 0.15) is 0 Å². The summed E-state index contributed by atoms with van der Waals surface area (Å²) in [6.07, 6.45) is 1.36. The highest BCUT2D eigenvalue weighted by Gasteiger charge is 2.38. The van der Waals surface area contributed by atoms with Gasteiger partial charge in [-0.25, -0.2) is 0 Å². The molecular weight excluding hydrogens is 296 g/mol. The molecule has 3 rings (SSSR count). The van der Waals surface area contributed by atoms with Gasteiger partial charge in [0.25, 0.3) is 0 Å². The predicted molar refractivity (Wildman–Crippen MR) is 89.9 cm³/mol. The number of hydrogen-bond donors (Lipinski definition) is 2. The second-order valence-corrected chi connectivity index (χ2v) is 6.56. The highest BCUT2D eigenvalue weighted by atomic mass is 32.1. The lowest BCUT2D eigenvalue weighted by molar-refractivity contribution is -0.130. The number of benzene rings is 1. The minimum Gasteiger partial charge on any atom is -0.381 e. The molecule has 5 heteroatoms. The summed E-state index contributed by atoms with van der Waals surface area (Å²) in [6, 6.07) is 12.0. The monoisotopic (exact) mass is 316 g/mol. The highest BCUT2D eigenvalue weighted by Crippen LogP contribution is 2.32. The van der Waals surface area contributed by atoms with Gasteiger partial charge in [0.05, 0.1) is 5.41 Å². The van der Waals surface area contributed by atoms with Gasteiger partial charge in [-0.3, -0.25) is 4.79 Å². The van der Waals surface area contributed by atoms with E-state index < -0.39 is 5.41 Å². The Kier molecular flexibility index (Phi) is 4.57. The van der Waals surface area contributed by atoms with Gasteiger partial charge >= 0.3 is 0 Å². The summed E-state index contributed by atoms with van der Waals surface area (Å²) in [6.45, 7) is 1.55. The van der Waals surface area contributed by atoms with Crippen LogP contribution in [0.25, 0.3) is 10.4 Å². The largest absolute Gasteiger partial charge is 0.381 e. The molecule has 0 bridgehead atoms. The summed E-state index contributed by atoms with van der Waals surface area (Å²) in [7, 11) is 0. The van der Waals surface area contributed by atoms with E-state index in [9.17, 15) is 4.79 Å². The highest BCUT2D eigenvalue weighted by molar-refractivity contribution is 7.13. The van der Waals surface area contributed by atoms with Gasteiger partial charge in [-0.05, 0) is 42.0 Å². The Morgan fingerprint density at radius 1 is 1.27 bits per heavy atom. The average Bonchev–Trinajstić information content (AvgIpc) is 3.10. The minimum atomic E-state index is -0.503. The van der Waals surface area contributed by atoms with Crippen molar-refractivity contribution in [3.05, 3.63) is 41.8 Å². The molecule has 1 fully saturated rings. The van der Waals surface area contributed by atoms with Crippen LogP contribution in [0.4, 0.5) is 5.69 Å². The van der Waals surface area contributed by atoms with E-state index in [0.29, 0.717) is 32.6 Å². The van der Waals surface area contributed by atoms with Crippen molar-refractivity contribution in [2.45, 2.75) is 12.8 Å². The maximum atomic E-state index is 12.7. The van der Waals surface area contributed by atoms with E-state index in [1.54, 1.807) is 11.3 Å². The van der Waals surface area contributed by atoms with Crippen molar-refractivity contribution in [3.63, 3.8) is 0 Å². The summed E-state index contributed by atoms with van der Waals surface area (Å²) < 4.78 is 5.36. The van der Waals surface area contributed by atoms with E-state index in [-0.39, 0.29) is 5.91 Å². The Morgan fingerprint density at radius 3 is 2.77 bits per heavy atom. The number of carbonyl (C=O) groups is 1. The van der Waals surface area contributed by atoms with E-state index in [4.69, 9.17) is 10.5 Å². The molecule has 1 aliphatic rings. The van der Waals surface area contributed by atoms with Crippen LogP contribution < -0.4 is 11.1 Å². The Labute approximate surface area is 134 Å². The topological polar surface area (TPSA) is 64.4 Å². The van der Waals surface area contributed by atoms with Crippen molar-refractivity contribution < 1.29 is 9.53 Å². The Bertz CT molecular complexity index is 634. The van der Waals surface area contributed by atoms with Crippen LogP contribution in [-0.2, 0) is 9.53 Å². The van der Waals surface area contributed by atoms with Crippen LogP contribution in [0.1, 0.15) is 12.8 Å². The molecule has 3 N–H and O–H groups in total.